The van der Waals surface area contributed by atoms with Crippen LogP contribution >= 0.6 is 0 Å². The summed E-state index contributed by atoms with van der Waals surface area (Å²) in [4.78, 5) is 42.0. The number of rotatable bonds is 2. The second-order valence-electron chi connectivity index (χ2n) is 7.16. The molecule has 3 heterocycles. The van der Waals surface area contributed by atoms with Crippen LogP contribution in [-0.2, 0) is 26.8 Å². The van der Waals surface area contributed by atoms with Gasteiger partial charge in [0.25, 0.3) is 11.1 Å². The maximum Gasteiger partial charge on any atom is 0.416 e. The van der Waals surface area contributed by atoms with Crippen molar-refractivity contribution in [3.8, 4) is 5.88 Å². The molecule has 0 aliphatic rings. The number of aromatic hydroxyl groups is 1. The molecule has 4 rings (SSSR count). The second kappa shape index (κ2) is 6.59. The molecule has 1 aromatic carbocycles. The van der Waals surface area contributed by atoms with Crippen molar-refractivity contribution in [2.75, 3.05) is 0 Å². The summed E-state index contributed by atoms with van der Waals surface area (Å²) in [7, 11) is 2.63. The monoisotopic (exact) mass is 435 g/mol. The number of aryl methyl sites for hydroxylation is 1. The van der Waals surface area contributed by atoms with Crippen molar-refractivity contribution in [3.63, 3.8) is 0 Å². The van der Waals surface area contributed by atoms with Crippen LogP contribution in [-0.4, -0.2) is 28.2 Å². The molecular weight excluding hydrogens is 419 g/mol. The van der Waals surface area contributed by atoms with Gasteiger partial charge in [0.2, 0.25) is 11.7 Å². The fourth-order valence-electron chi connectivity index (χ4n) is 3.49. The molecule has 0 atom stereocenters. The van der Waals surface area contributed by atoms with Crippen molar-refractivity contribution in [1.29, 1.82) is 0 Å². The largest absolute Gasteiger partial charge is 0.494 e. The number of imidazole rings is 1. The fraction of sp³-hybridized carbons (Fsp3) is 0.263. The lowest BCUT2D eigenvalue weighted by molar-refractivity contribution is -0.137. The Bertz CT molecular complexity index is 1560. The van der Waals surface area contributed by atoms with Crippen LogP contribution in [0.5, 0.6) is 5.88 Å². The average molecular weight is 435 g/mol. The highest BCUT2D eigenvalue weighted by Gasteiger charge is 2.30. The predicted octanol–water partition coefficient (Wildman–Crippen LogP) is 1.13. The van der Waals surface area contributed by atoms with E-state index in [0.717, 1.165) is 30.2 Å². The van der Waals surface area contributed by atoms with Crippen molar-refractivity contribution < 1.29 is 18.3 Å². The molecule has 31 heavy (non-hydrogen) atoms. The van der Waals surface area contributed by atoms with E-state index in [1.54, 1.807) is 0 Å². The molecule has 1 N–H and O–H groups in total. The third kappa shape index (κ3) is 2.94. The van der Waals surface area contributed by atoms with Crippen LogP contribution in [0, 0.1) is 6.92 Å². The first-order chi connectivity index (χ1) is 14.4. The first kappa shape index (κ1) is 20.4. The van der Waals surface area contributed by atoms with Gasteiger partial charge >= 0.3 is 11.9 Å². The van der Waals surface area contributed by atoms with Gasteiger partial charge in [-0.25, -0.2) is 9.20 Å². The van der Waals surface area contributed by atoms with E-state index in [1.165, 1.54) is 33.2 Å². The van der Waals surface area contributed by atoms with Gasteiger partial charge in [-0.3, -0.25) is 23.3 Å². The predicted molar refractivity (Wildman–Crippen MR) is 104 cm³/mol. The quantitative estimate of drug-likeness (QED) is 0.509. The van der Waals surface area contributed by atoms with Crippen LogP contribution in [0.25, 0.3) is 16.9 Å². The SMILES string of the molecule is Cc1c(O)n2c3c(=O)n(C)c(=O)n(C)c3nc2n(Cc2cccc(C(F)(F)F)c2)c1=O. The van der Waals surface area contributed by atoms with E-state index in [4.69, 9.17) is 0 Å². The fourth-order valence-corrected chi connectivity index (χ4v) is 3.49. The molecule has 9 nitrogen and oxygen atoms in total. The second-order valence-corrected chi connectivity index (χ2v) is 7.16. The zero-order chi connectivity index (χ0) is 22.8. The molecule has 0 fully saturated rings. The van der Waals surface area contributed by atoms with Gasteiger partial charge in [0.1, 0.15) is 0 Å². The smallest absolute Gasteiger partial charge is 0.416 e. The summed E-state index contributed by atoms with van der Waals surface area (Å²) < 4.78 is 43.2. The van der Waals surface area contributed by atoms with Crippen molar-refractivity contribution >= 4 is 16.9 Å². The lowest BCUT2D eigenvalue weighted by Gasteiger charge is -2.13. The first-order valence-electron chi connectivity index (χ1n) is 9.00. The van der Waals surface area contributed by atoms with E-state index in [0.29, 0.717) is 0 Å². The molecule has 0 aliphatic heterocycles. The zero-order valence-electron chi connectivity index (χ0n) is 16.6. The molecule has 0 bridgehead atoms. The van der Waals surface area contributed by atoms with Crippen molar-refractivity contribution in [2.24, 2.45) is 14.1 Å². The number of hydrogen-bond donors (Lipinski definition) is 1. The highest BCUT2D eigenvalue weighted by atomic mass is 19.4. The number of aromatic nitrogens is 5. The average Bonchev–Trinajstić information content (AvgIpc) is 3.12. The minimum Gasteiger partial charge on any atom is -0.494 e. The summed E-state index contributed by atoms with van der Waals surface area (Å²) in [5, 5.41) is 10.6. The van der Waals surface area contributed by atoms with Crippen LogP contribution in [0.1, 0.15) is 16.7 Å². The molecule has 0 amide bonds. The van der Waals surface area contributed by atoms with Gasteiger partial charge in [0.15, 0.2) is 11.2 Å². The Balaban J connectivity index is 2.09. The van der Waals surface area contributed by atoms with Crippen LogP contribution in [0.2, 0.25) is 0 Å². The number of benzene rings is 1. The van der Waals surface area contributed by atoms with Gasteiger partial charge in [-0.15, -0.1) is 0 Å². The van der Waals surface area contributed by atoms with Gasteiger partial charge in [0, 0.05) is 14.1 Å². The maximum absolute atomic E-state index is 13.1. The van der Waals surface area contributed by atoms with E-state index < -0.39 is 34.4 Å². The number of hydrogen-bond acceptors (Lipinski definition) is 5. The minimum absolute atomic E-state index is 0.0776. The van der Waals surface area contributed by atoms with Crippen molar-refractivity contribution in [2.45, 2.75) is 19.6 Å². The normalized spacial score (nSPS) is 12.2. The molecule has 4 aromatic rings. The maximum atomic E-state index is 13.1. The van der Waals surface area contributed by atoms with E-state index in [1.807, 2.05) is 0 Å². The zero-order valence-corrected chi connectivity index (χ0v) is 16.6. The topological polar surface area (TPSA) is 104 Å². The van der Waals surface area contributed by atoms with Gasteiger partial charge in [-0.2, -0.15) is 18.2 Å². The van der Waals surface area contributed by atoms with Gasteiger partial charge < -0.3 is 5.11 Å². The number of nitrogens with zero attached hydrogens (tertiary/aromatic N) is 5. The third-order valence-corrected chi connectivity index (χ3v) is 5.19. The third-order valence-electron chi connectivity index (χ3n) is 5.19. The highest BCUT2D eigenvalue weighted by Crippen LogP contribution is 2.30. The molecular formula is C19H16F3N5O4. The molecule has 0 saturated carbocycles. The van der Waals surface area contributed by atoms with E-state index in [9.17, 15) is 32.7 Å². The molecule has 0 aliphatic carbocycles. The van der Waals surface area contributed by atoms with Crippen LogP contribution in [0.3, 0.4) is 0 Å². The summed E-state index contributed by atoms with van der Waals surface area (Å²) in [6, 6.07) is 4.45. The Morgan fingerprint density at radius 1 is 1.06 bits per heavy atom. The molecule has 3 aromatic heterocycles. The first-order valence-corrected chi connectivity index (χ1v) is 9.00. The van der Waals surface area contributed by atoms with Crippen LogP contribution in [0.4, 0.5) is 13.2 Å². The Hall–Kier alpha value is -3.83. The summed E-state index contributed by atoms with van der Waals surface area (Å²) in [6.45, 7) is 1.02. The summed E-state index contributed by atoms with van der Waals surface area (Å²) in [5.74, 6) is -0.725. The van der Waals surface area contributed by atoms with Crippen molar-refractivity contribution in [3.05, 3.63) is 72.1 Å². The number of halogens is 3. The summed E-state index contributed by atoms with van der Waals surface area (Å²) in [5.41, 5.74) is -3.17. The number of fused-ring (bicyclic) bond motifs is 3. The van der Waals surface area contributed by atoms with E-state index >= 15 is 0 Å². The summed E-state index contributed by atoms with van der Waals surface area (Å²) in [6.07, 6.45) is -4.56. The number of alkyl halides is 3. The van der Waals surface area contributed by atoms with Crippen molar-refractivity contribution in [1.82, 2.24) is 23.1 Å². The molecule has 0 spiro atoms. The van der Waals surface area contributed by atoms with Crippen LogP contribution in [0.15, 0.2) is 38.6 Å². The lowest BCUT2D eigenvalue weighted by atomic mass is 10.1. The molecule has 162 valence electrons. The lowest BCUT2D eigenvalue weighted by Crippen LogP contribution is -2.37. The molecule has 0 saturated heterocycles. The van der Waals surface area contributed by atoms with Gasteiger partial charge in [-0.1, -0.05) is 12.1 Å². The highest BCUT2D eigenvalue weighted by molar-refractivity contribution is 5.76. The Morgan fingerprint density at radius 3 is 2.39 bits per heavy atom. The van der Waals surface area contributed by atoms with E-state index in [-0.39, 0.29) is 34.6 Å². The Kier molecular flexibility index (Phi) is 4.34. The Morgan fingerprint density at radius 2 is 1.74 bits per heavy atom. The van der Waals surface area contributed by atoms with E-state index in [2.05, 4.69) is 4.98 Å². The Labute approximate surface area is 170 Å². The van der Waals surface area contributed by atoms with Gasteiger partial charge in [-0.05, 0) is 24.6 Å². The molecule has 0 unspecified atom stereocenters. The van der Waals surface area contributed by atoms with Gasteiger partial charge in [0.05, 0.1) is 17.7 Å². The standard InChI is InChI=1S/C19H16F3N5O4/c1-9-14(28)26(8-10-5-4-6-11(7-10)19(20,21)22)17-23-13-12(27(17)15(9)29)16(30)25(3)18(31)24(13)2/h4-7,29H,8H2,1-3H3. The molecule has 0 radical (unpaired) electrons. The minimum atomic E-state index is -4.56. The van der Waals surface area contributed by atoms with Crippen LogP contribution < -0.4 is 16.8 Å². The molecule has 12 heteroatoms. The summed E-state index contributed by atoms with van der Waals surface area (Å²) >= 11 is 0.